The first-order chi connectivity index (χ1) is 22.5. The SMILES string of the molecule is COc1ccc(CN(C)c2cc(Nc3cccc(N4CCN(C(=O)OC(C)(C)C)CC4)c3)nn3c(C(=O)N[C@@H]4C[C@@H]4F)cnc23)cc1. The molecule has 0 unspecified atom stereocenters. The van der Waals surface area contributed by atoms with Gasteiger partial charge < -0.3 is 34.8 Å². The molecule has 1 saturated carbocycles. The number of alkyl halides is 1. The monoisotopic (exact) mass is 644 g/mol. The number of halogens is 1. The molecule has 2 fully saturated rings. The fourth-order valence-electron chi connectivity index (χ4n) is 5.50. The summed E-state index contributed by atoms with van der Waals surface area (Å²) in [4.78, 5) is 36.2. The minimum absolute atomic E-state index is 0.221. The van der Waals surface area contributed by atoms with E-state index in [4.69, 9.17) is 14.6 Å². The quantitative estimate of drug-likeness (QED) is 0.259. The third-order valence-electron chi connectivity index (χ3n) is 8.12. The van der Waals surface area contributed by atoms with E-state index < -0.39 is 23.7 Å². The molecular formula is C34H41FN8O4. The molecule has 12 nitrogen and oxygen atoms in total. The molecule has 2 amide bonds. The summed E-state index contributed by atoms with van der Waals surface area (Å²) < 4.78 is 25.9. The van der Waals surface area contributed by atoms with Crippen molar-refractivity contribution in [3.63, 3.8) is 0 Å². The summed E-state index contributed by atoms with van der Waals surface area (Å²) in [5, 5.41) is 10.9. The van der Waals surface area contributed by atoms with Crippen LogP contribution in [0.4, 0.5) is 32.1 Å². The molecule has 2 atom stereocenters. The fraction of sp³-hybridized carbons (Fsp3) is 0.412. The Morgan fingerprint density at radius 1 is 1.06 bits per heavy atom. The Kier molecular flexibility index (Phi) is 8.80. The van der Waals surface area contributed by atoms with Crippen LogP contribution >= 0.6 is 0 Å². The maximum absolute atomic E-state index is 13.6. The second-order valence-corrected chi connectivity index (χ2v) is 13.0. The second kappa shape index (κ2) is 13.0. The van der Waals surface area contributed by atoms with Crippen molar-refractivity contribution in [2.75, 3.05) is 55.5 Å². The molecule has 0 spiro atoms. The molecule has 2 aliphatic rings. The second-order valence-electron chi connectivity index (χ2n) is 13.0. The molecule has 4 aromatic rings. The van der Waals surface area contributed by atoms with Crippen molar-refractivity contribution in [3.8, 4) is 5.75 Å². The minimum Gasteiger partial charge on any atom is -0.497 e. The van der Waals surface area contributed by atoms with E-state index in [1.165, 1.54) is 10.7 Å². The van der Waals surface area contributed by atoms with Gasteiger partial charge >= 0.3 is 6.09 Å². The average Bonchev–Trinajstić information content (AvgIpc) is 3.56. The number of carbonyl (C=O) groups excluding carboxylic acids is 2. The number of nitrogens with one attached hydrogen (secondary N) is 2. The molecule has 2 aromatic carbocycles. The lowest BCUT2D eigenvalue weighted by Crippen LogP contribution is -2.50. The number of benzene rings is 2. The first-order valence-electron chi connectivity index (χ1n) is 15.7. The zero-order valence-electron chi connectivity index (χ0n) is 27.4. The number of hydrogen-bond donors (Lipinski definition) is 2. The molecule has 3 heterocycles. The van der Waals surface area contributed by atoms with Gasteiger partial charge in [-0.2, -0.15) is 0 Å². The number of hydrogen-bond acceptors (Lipinski definition) is 9. The van der Waals surface area contributed by atoms with Crippen molar-refractivity contribution in [1.82, 2.24) is 24.8 Å². The van der Waals surface area contributed by atoms with Crippen LogP contribution in [-0.4, -0.2) is 89.6 Å². The lowest BCUT2D eigenvalue weighted by Gasteiger charge is -2.36. The summed E-state index contributed by atoms with van der Waals surface area (Å²) in [6.45, 7) is 8.62. The number of imidazole rings is 1. The van der Waals surface area contributed by atoms with Gasteiger partial charge in [-0.25, -0.2) is 18.7 Å². The highest BCUT2D eigenvalue weighted by Gasteiger charge is 2.39. The molecule has 248 valence electrons. The molecule has 0 radical (unpaired) electrons. The van der Waals surface area contributed by atoms with Crippen LogP contribution in [0.25, 0.3) is 5.65 Å². The van der Waals surface area contributed by atoms with Gasteiger partial charge in [-0.1, -0.05) is 18.2 Å². The molecule has 1 saturated heterocycles. The van der Waals surface area contributed by atoms with E-state index in [0.29, 0.717) is 50.6 Å². The number of anilines is 4. The van der Waals surface area contributed by atoms with Gasteiger partial charge in [0.2, 0.25) is 0 Å². The van der Waals surface area contributed by atoms with Crippen LogP contribution in [0.1, 0.15) is 43.2 Å². The zero-order chi connectivity index (χ0) is 33.3. The highest BCUT2D eigenvalue weighted by molar-refractivity contribution is 5.94. The van der Waals surface area contributed by atoms with E-state index in [1.807, 2.05) is 87.3 Å². The number of methoxy groups -OCH3 is 1. The molecule has 47 heavy (non-hydrogen) atoms. The van der Waals surface area contributed by atoms with Gasteiger partial charge in [-0.05, 0) is 56.7 Å². The van der Waals surface area contributed by atoms with Gasteiger partial charge in [0.25, 0.3) is 5.91 Å². The topological polar surface area (TPSA) is 117 Å². The fourth-order valence-corrected chi connectivity index (χ4v) is 5.50. The van der Waals surface area contributed by atoms with Crippen LogP contribution in [-0.2, 0) is 11.3 Å². The Labute approximate surface area is 273 Å². The van der Waals surface area contributed by atoms with Crippen molar-refractivity contribution in [2.45, 2.75) is 51.6 Å². The lowest BCUT2D eigenvalue weighted by atomic mass is 10.2. The van der Waals surface area contributed by atoms with E-state index >= 15 is 0 Å². The maximum Gasteiger partial charge on any atom is 0.410 e. The van der Waals surface area contributed by atoms with Gasteiger partial charge in [0.05, 0.1) is 25.0 Å². The van der Waals surface area contributed by atoms with Gasteiger partial charge in [0, 0.05) is 63.6 Å². The van der Waals surface area contributed by atoms with Crippen molar-refractivity contribution in [2.24, 2.45) is 0 Å². The standard InChI is InChI=1S/C34H41FN8O4/c1-34(2,3)47-33(45)42-15-13-41(14-16-42)24-8-6-7-23(17-24)37-30-19-28(40(4)21-22-9-11-25(46-5)12-10-22)31-36-20-29(43(31)39-30)32(44)38-27-18-26(27)35/h6-12,17,19-20,26-27H,13-16,18,21H2,1-5H3,(H,37,39)(H,38,44)/t26-,27+/m0/s1. The van der Waals surface area contributed by atoms with Crippen LogP contribution < -0.4 is 25.2 Å². The van der Waals surface area contributed by atoms with Gasteiger partial charge in [-0.15, -0.1) is 5.10 Å². The highest BCUT2D eigenvalue weighted by Crippen LogP contribution is 2.30. The third-order valence-corrected chi connectivity index (χ3v) is 8.12. The molecule has 1 aliphatic heterocycles. The Bertz CT molecular complexity index is 1750. The number of amides is 2. The number of fused-ring (bicyclic) bond motifs is 1. The van der Waals surface area contributed by atoms with Crippen LogP contribution in [0.15, 0.2) is 60.8 Å². The Hall–Kier alpha value is -5.07. The smallest absolute Gasteiger partial charge is 0.410 e. The molecule has 2 aromatic heterocycles. The molecule has 0 bridgehead atoms. The van der Waals surface area contributed by atoms with E-state index in [-0.39, 0.29) is 11.8 Å². The molecule has 13 heteroatoms. The number of aromatic nitrogens is 3. The van der Waals surface area contributed by atoms with Crippen LogP contribution in [0.2, 0.25) is 0 Å². The third kappa shape index (κ3) is 7.50. The number of nitrogens with zero attached hydrogens (tertiary/aromatic N) is 6. The Balaban J connectivity index is 1.24. The number of carbonyl (C=O) groups is 2. The Morgan fingerprint density at radius 3 is 2.45 bits per heavy atom. The summed E-state index contributed by atoms with van der Waals surface area (Å²) in [6, 6.07) is 17.2. The summed E-state index contributed by atoms with van der Waals surface area (Å²) in [5.41, 5.74) is 3.80. The molecule has 1 aliphatic carbocycles. The van der Waals surface area contributed by atoms with E-state index in [1.54, 1.807) is 12.0 Å². The summed E-state index contributed by atoms with van der Waals surface area (Å²) in [5.74, 6) is 0.850. The predicted octanol–water partition coefficient (Wildman–Crippen LogP) is 5.02. The number of rotatable bonds is 9. The van der Waals surface area contributed by atoms with Crippen molar-refractivity contribution >= 4 is 40.5 Å². The Morgan fingerprint density at radius 2 is 1.79 bits per heavy atom. The van der Waals surface area contributed by atoms with Gasteiger partial charge in [0.1, 0.15) is 17.5 Å². The van der Waals surface area contributed by atoms with Gasteiger partial charge in [-0.3, -0.25) is 4.79 Å². The van der Waals surface area contributed by atoms with Crippen LogP contribution in [0.5, 0.6) is 5.75 Å². The average molecular weight is 645 g/mol. The maximum atomic E-state index is 13.6. The van der Waals surface area contributed by atoms with E-state index in [2.05, 4.69) is 20.5 Å². The predicted molar refractivity (Wildman–Crippen MR) is 179 cm³/mol. The van der Waals surface area contributed by atoms with Crippen LogP contribution in [0, 0.1) is 0 Å². The normalized spacial score (nSPS) is 17.7. The van der Waals surface area contributed by atoms with Crippen molar-refractivity contribution in [1.29, 1.82) is 0 Å². The summed E-state index contributed by atoms with van der Waals surface area (Å²) in [6.07, 6.45) is 0.461. The van der Waals surface area contributed by atoms with E-state index in [9.17, 15) is 14.0 Å². The zero-order valence-corrected chi connectivity index (χ0v) is 27.4. The van der Waals surface area contributed by atoms with Crippen LogP contribution in [0.3, 0.4) is 0 Å². The molecule has 6 rings (SSSR count). The van der Waals surface area contributed by atoms with E-state index in [0.717, 1.165) is 28.4 Å². The minimum atomic E-state index is -1.03. The summed E-state index contributed by atoms with van der Waals surface area (Å²) in [7, 11) is 3.59. The molecular weight excluding hydrogens is 603 g/mol. The first-order valence-corrected chi connectivity index (χ1v) is 15.7. The largest absolute Gasteiger partial charge is 0.497 e. The van der Waals surface area contributed by atoms with Crippen molar-refractivity contribution in [3.05, 3.63) is 72.1 Å². The number of ether oxygens (including phenoxy) is 2. The summed E-state index contributed by atoms with van der Waals surface area (Å²) >= 11 is 0. The number of piperazine rings is 1. The first kappa shape index (κ1) is 31.9. The molecule has 2 N–H and O–H groups in total. The highest BCUT2D eigenvalue weighted by atomic mass is 19.1. The van der Waals surface area contributed by atoms with Gasteiger partial charge in [0.15, 0.2) is 17.2 Å². The van der Waals surface area contributed by atoms with Crippen molar-refractivity contribution < 1.29 is 23.5 Å². The lowest BCUT2D eigenvalue weighted by molar-refractivity contribution is 0.0240.